The van der Waals surface area contributed by atoms with Gasteiger partial charge < -0.3 is 49.6 Å². The van der Waals surface area contributed by atoms with E-state index in [9.17, 15) is 0 Å². The smallest absolute Gasteiger partial charge is 0.0114 e. The standard InChI is InChI=1S/2C20H15.C13H9.C13H15.C3H6.C2H6Si.4ClH.2Zr/c2*1-14-12-16-8-5-11-19(20(16)13-14)18-10-4-7-15-6-2-3-9-17(15)18;1-3-7-12-10(5-1)9-11-6-2-4-8-13(11)12;1-13(2,3)12-9-8-10-6-4-5-7-11(10)12;2*1-3-2;;;;;;/h2*2-13H,1H3;1-9H;4-9H,1-3H3;2*1-2H3;4*1H;;/q4*-1;;;;;;;;+2/p-4. The van der Waals surface area contributed by atoms with E-state index in [0.29, 0.717) is 0 Å². The summed E-state index contributed by atoms with van der Waals surface area (Å²) in [6.07, 6.45) is 0. The van der Waals surface area contributed by atoms with Crippen LogP contribution in [0.5, 0.6) is 0 Å². The third kappa shape index (κ3) is 16.6. The molecule has 396 valence electrons. The third-order valence-corrected chi connectivity index (χ3v) is 13.0. The Bertz CT molecular complexity index is 3790. The number of aryl methyl sites for hydroxylation is 2. The summed E-state index contributed by atoms with van der Waals surface area (Å²) in [5.41, 5.74) is 9.85. The summed E-state index contributed by atoms with van der Waals surface area (Å²) < 4.78 is 1.51. The van der Waals surface area contributed by atoms with Gasteiger partial charge in [-0.3, -0.25) is 0 Å². The molecule has 0 spiro atoms. The summed E-state index contributed by atoms with van der Waals surface area (Å²) in [6, 6.07) is 84.8. The van der Waals surface area contributed by atoms with Gasteiger partial charge in [-0.05, 0) is 32.7 Å². The van der Waals surface area contributed by atoms with E-state index < -0.39 is 0 Å². The van der Waals surface area contributed by atoms with Gasteiger partial charge >= 0.3 is 83.2 Å². The number of benzene rings is 9. The molecule has 0 atom stereocenters. The molecule has 0 aliphatic heterocycles. The largest absolute Gasteiger partial charge is 1.00 e. The molecule has 0 radical (unpaired) electrons. The Morgan fingerprint density at radius 3 is 1.08 bits per heavy atom. The van der Waals surface area contributed by atoms with Crippen LogP contribution in [0.1, 0.15) is 51.3 Å². The van der Waals surface area contributed by atoms with E-state index in [4.69, 9.17) is 0 Å². The minimum absolute atomic E-state index is 0. The molecular weight excluding hydrogens is 1210 g/mol. The van der Waals surface area contributed by atoms with Crippen molar-refractivity contribution in [3.8, 4) is 22.3 Å². The average molecular weight is 1270 g/mol. The second kappa shape index (κ2) is 30.7. The summed E-state index contributed by atoms with van der Waals surface area (Å²) in [4.78, 5) is 0. The molecule has 0 amide bonds. The number of hydrogen-bond acceptors (Lipinski definition) is 0. The van der Waals surface area contributed by atoms with E-state index in [1.165, 1.54) is 118 Å². The molecule has 13 aromatic rings. The van der Waals surface area contributed by atoms with Crippen LogP contribution >= 0.6 is 0 Å². The van der Waals surface area contributed by atoms with Gasteiger partial charge in [-0.15, -0.1) is 155 Å². The zero-order chi connectivity index (χ0) is 52.4. The van der Waals surface area contributed by atoms with E-state index in [1.54, 1.807) is 47.6 Å². The van der Waals surface area contributed by atoms with Crippen LogP contribution in [0.4, 0.5) is 0 Å². The first-order valence-electron chi connectivity index (χ1n) is 25.7. The molecule has 0 N–H and O–H groups in total. The molecule has 0 heterocycles. The van der Waals surface area contributed by atoms with Crippen molar-refractivity contribution in [1.29, 1.82) is 0 Å². The van der Waals surface area contributed by atoms with Gasteiger partial charge in [0, 0.05) is 0 Å². The fraction of sp³-hybridized carbons (Fsp3) is 0.141. The SMILES string of the molecule is CC(C)(C)c1c[cH-]c2ccccc12.C[C](C)=[Zr+2].C[Si](C)=[Zr].Cc1cc2c(-c3cccc4ccccc34)cccc2[cH-]1.Cc1cc2c(-c3cccc4ccccc34)cccc2[cH-]1.[Cl-].[Cl-].[Cl-].[Cl-].c1ccc2c(c1)[cH-]c1ccccc12. The summed E-state index contributed by atoms with van der Waals surface area (Å²) in [5, 5.41) is 18.7. The predicted octanol–water partition coefficient (Wildman–Crippen LogP) is 8.49. The quantitative estimate of drug-likeness (QED) is 0.121. The molecule has 0 nitrogen and oxygen atoms in total. The Morgan fingerprint density at radius 2 is 0.679 bits per heavy atom. The van der Waals surface area contributed by atoms with E-state index >= 15 is 0 Å². The summed E-state index contributed by atoms with van der Waals surface area (Å²) in [6.45, 7) is 20.0. The first kappa shape index (κ1) is 65.7. The van der Waals surface area contributed by atoms with Crippen molar-refractivity contribution in [3.05, 3.63) is 253 Å². The van der Waals surface area contributed by atoms with Crippen LogP contribution in [0.3, 0.4) is 0 Å². The van der Waals surface area contributed by atoms with E-state index in [1.807, 2.05) is 0 Å². The van der Waals surface area contributed by atoms with Crippen molar-refractivity contribution in [1.82, 2.24) is 0 Å². The maximum atomic E-state index is 2.31. The molecule has 7 heteroatoms. The van der Waals surface area contributed by atoms with Gasteiger partial charge in [0.15, 0.2) is 0 Å². The number of rotatable bonds is 2. The number of hydrogen-bond donors (Lipinski definition) is 0. The van der Waals surface area contributed by atoms with E-state index in [0.717, 1.165) is 0 Å². The second-order valence-corrected chi connectivity index (χ2v) is 32.5. The van der Waals surface area contributed by atoms with E-state index in [2.05, 4.69) is 298 Å². The Balaban J connectivity index is 0.000000214. The zero-order valence-electron chi connectivity index (χ0n) is 46.0. The van der Waals surface area contributed by atoms with Crippen LogP contribution in [0, 0.1) is 13.8 Å². The van der Waals surface area contributed by atoms with Gasteiger partial charge in [0.25, 0.3) is 0 Å². The Hall–Kier alpha value is -4.79. The van der Waals surface area contributed by atoms with Crippen molar-refractivity contribution in [2.45, 2.75) is 67.0 Å². The molecule has 78 heavy (non-hydrogen) atoms. The topological polar surface area (TPSA) is 0 Å². The summed E-state index contributed by atoms with van der Waals surface area (Å²) in [5.74, 6) is 0. The second-order valence-electron chi connectivity index (χ2n) is 20.6. The summed E-state index contributed by atoms with van der Waals surface area (Å²) in [7, 11) is 0. The molecule has 13 rings (SSSR count). The average Bonchev–Trinajstić information content (AvgIpc) is 4.20. The van der Waals surface area contributed by atoms with Crippen LogP contribution < -0.4 is 49.6 Å². The number of fused-ring (bicyclic) bond motifs is 8. The van der Waals surface area contributed by atoms with Gasteiger partial charge in [-0.25, -0.2) is 0 Å². The Labute approximate surface area is 518 Å². The minimum Gasteiger partial charge on any atom is -1.00 e. The third-order valence-electron chi connectivity index (χ3n) is 13.0. The molecule has 13 aromatic carbocycles. The number of halogens is 4. The molecule has 0 saturated carbocycles. The molecule has 0 aliphatic rings. The van der Waals surface area contributed by atoms with Crippen molar-refractivity contribution < 1.29 is 97.2 Å². The van der Waals surface area contributed by atoms with Gasteiger partial charge in [0.1, 0.15) is 0 Å². The van der Waals surface area contributed by atoms with Crippen molar-refractivity contribution in [2.24, 2.45) is 0 Å². The van der Waals surface area contributed by atoms with Crippen molar-refractivity contribution in [3.63, 3.8) is 0 Å². The van der Waals surface area contributed by atoms with Crippen molar-refractivity contribution in [2.75, 3.05) is 0 Å². The monoisotopic (exact) mass is 1270 g/mol. The first-order valence-corrected chi connectivity index (χ1v) is 33.1. The fourth-order valence-corrected chi connectivity index (χ4v) is 9.87. The summed E-state index contributed by atoms with van der Waals surface area (Å²) >= 11 is 3.29. The first-order chi connectivity index (χ1) is 35.7. The molecule has 0 saturated heterocycles. The molecule has 0 unspecified atom stereocenters. The van der Waals surface area contributed by atoms with Crippen LogP contribution in [-0.4, -0.2) is 8.64 Å². The Morgan fingerprint density at radius 1 is 0.397 bits per heavy atom. The van der Waals surface area contributed by atoms with Gasteiger partial charge in [-0.1, -0.05) is 191 Å². The van der Waals surface area contributed by atoms with Gasteiger partial charge in [-0.2, -0.15) is 12.1 Å². The van der Waals surface area contributed by atoms with Crippen LogP contribution in [0.2, 0.25) is 13.1 Å². The van der Waals surface area contributed by atoms with Crippen LogP contribution in [0.15, 0.2) is 237 Å². The maximum absolute atomic E-state index is 2.31. The molecule has 0 aliphatic carbocycles. The van der Waals surface area contributed by atoms with Crippen molar-refractivity contribution >= 4 is 84.0 Å². The molecule has 0 aromatic heterocycles. The zero-order valence-corrected chi connectivity index (χ0v) is 55.0. The van der Waals surface area contributed by atoms with Gasteiger partial charge in [0.05, 0.1) is 0 Å². The van der Waals surface area contributed by atoms with Crippen LogP contribution in [0.25, 0.3) is 97.7 Å². The van der Waals surface area contributed by atoms with Gasteiger partial charge in [0.2, 0.25) is 0 Å². The Kier molecular flexibility index (Phi) is 25.9. The molecule has 0 bridgehead atoms. The predicted molar refractivity (Wildman–Crippen MR) is 324 cm³/mol. The van der Waals surface area contributed by atoms with E-state index in [-0.39, 0.29) is 60.5 Å². The fourth-order valence-electron chi connectivity index (χ4n) is 9.87. The molecular formula is C71H66Cl4SiZr2-6. The minimum atomic E-state index is 0. The van der Waals surface area contributed by atoms with Crippen LogP contribution in [-0.2, 0) is 53.0 Å². The molecule has 0 fully saturated rings. The normalized spacial score (nSPS) is 10.3. The maximum Gasteiger partial charge on any atom is -0.0114 e.